The van der Waals surface area contributed by atoms with Crippen LogP contribution >= 0.6 is 23.7 Å². The molecule has 4 nitrogen and oxygen atoms in total. The summed E-state index contributed by atoms with van der Waals surface area (Å²) >= 11 is 1.40. The van der Waals surface area contributed by atoms with Gasteiger partial charge in [0, 0.05) is 28.9 Å². The smallest absolute Gasteiger partial charge is 0.184 e. The van der Waals surface area contributed by atoms with Crippen molar-refractivity contribution in [2.24, 2.45) is 0 Å². The fourth-order valence-electron chi connectivity index (χ4n) is 3.04. The van der Waals surface area contributed by atoms with Crippen molar-refractivity contribution in [2.75, 3.05) is 0 Å². The van der Waals surface area contributed by atoms with Crippen LogP contribution in [0.1, 0.15) is 28.9 Å². The van der Waals surface area contributed by atoms with Crippen LogP contribution < -0.4 is 0 Å². The van der Waals surface area contributed by atoms with E-state index in [1.807, 2.05) is 24.4 Å². The molecule has 1 aromatic carbocycles. The normalized spacial score (nSPS) is 11.4. The third kappa shape index (κ3) is 4.03. The minimum atomic E-state index is -3.37. The van der Waals surface area contributed by atoms with Gasteiger partial charge in [0.1, 0.15) is 10.8 Å². The number of hydrogen-bond acceptors (Lipinski definition) is 4. The van der Waals surface area contributed by atoms with Crippen LogP contribution in [0.5, 0.6) is 0 Å². The molecular formula is C19H23ClN2O2S2. The number of rotatable bonds is 5. The number of thiazole rings is 1. The molecule has 0 aliphatic carbocycles. The second-order valence-electron chi connectivity index (χ2n) is 6.23. The van der Waals surface area contributed by atoms with Gasteiger partial charge in [0.05, 0.1) is 10.6 Å². The van der Waals surface area contributed by atoms with Crippen LogP contribution in [0, 0.1) is 20.8 Å². The predicted molar refractivity (Wildman–Crippen MR) is 110 cm³/mol. The van der Waals surface area contributed by atoms with Gasteiger partial charge in [0.25, 0.3) is 0 Å². The number of halogens is 1. The van der Waals surface area contributed by atoms with E-state index in [9.17, 15) is 8.42 Å². The zero-order valence-electron chi connectivity index (χ0n) is 15.3. The van der Waals surface area contributed by atoms with E-state index >= 15 is 0 Å². The van der Waals surface area contributed by atoms with Crippen molar-refractivity contribution in [1.29, 1.82) is 0 Å². The molecule has 0 saturated carbocycles. The van der Waals surface area contributed by atoms with Crippen LogP contribution in [0.15, 0.2) is 40.6 Å². The number of hydrogen-bond donors (Lipinski definition) is 0. The van der Waals surface area contributed by atoms with Gasteiger partial charge in [0.2, 0.25) is 0 Å². The highest BCUT2D eigenvalue weighted by atomic mass is 35.5. The van der Waals surface area contributed by atoms with Crippen molar-refractivity contribution in [1.82, 2.24) is 9.55 Å². The molecule has 0 saturated heterocycles. The zero-order chi connectivity index (χ0) is 18.2. The lowest BCUT2D eigenvalue weighted by Gasteiger charge is -2.05. The summed E-state index contributed by atoms with van der Waals surface area (Å²) in [6.45, 7) is 9.13. The van der Waals surface area contributed by atoms with Crippen molar-refractivity contribution in [3.8, 4) is 11.3 Å². The first-order valence-corrected chi connectivity index (χ1v) is 10.8. The standard InChI is InChI=1S/C19H22N2O2S2.ClH/c1-5-21-14(3)10-17(15(21)4)18-11-24-19(20-18)12-25(22,23)16-8-6-13(2)7-9-16;/h6-11H,5,12H2,1-4H3;1H. The fourth-order valence-corrected chi connectivity index (χ4v) is 5.46. The van der Waals surface area contributed by atoms with Gasteiger partial charge in [-0.15, -0.1) is 23.7 Å². The van der Waals surface area contributed by atoms with Crippen LogP contribution in [0.25, 0.3) is 11.3 Å². The van der Waals surface area contributed by atoms with Crippen LogP contribution in [-0.2, 0) is 22.1 Å². The summed E-state index contributed by atoms with van der Waals surface area (Å²) < 4.78 is 27.4. The molecule has 0 amide bonds. The summed E-state index contributed by atoms with van der Waals surface area (Å²) in [5.41, 5.74) is 5.33. The first-order chi connectivity index (χ1) is 11.8. The molecule has 0 aliphatic heterocycles. The molecular weight excluding hydrogens is 388 g/mol. The minimum absolute atomic E-state index is 0. The van der Waals surface area contributed by atoms with Gasteiger partial charge in [0.15, 0.2) is 9.84 Å². The average molecular weight is 411 g/mol. The third-order valence-corrected chi connectivity index (χ3v) is 7.09. The van der Waals surface area contributed by atoms with Crippen molar-refractivity contribution in [3.05, 3.63) is 57.7 Å². The Labute approximate surface area is 165 Å². The van der Waals surface area contributed by atoms with Crippen LogP contribution in [0.2, 0.25) is 0 Å². The summed E-state index contributed by atoms with van der Waals surface area (Å²) in [6, 6.07) is 9.08. The molecule has 7 heteroatoms. The first-order valence-electron chi connectivity index (χ1n) is 8.22. The first kappa shape index (κ1) is 20.7. The zero-order valence-corrected chi connectivity index (χ0v) is 17.8. The van der Waals surface area contributed by atoms with E-state index in [0.29, 0.717) is 9.90 Å². The Hall–Kier alpha value is -1.63. The van der Waals surface area contributed by atoms with E-state index in [4.69, 9.17) is 0 Å². The fraction of sp³-hybridized carbons (Fsp3) is 0.316. The van der Waals surface area contributed by atoms with Gasteiger partial charge in [-0.05, 0) is 45.9 Å². The number of aromatic nitrogens is 2. The van der Waals surface area contributed by atoms with E-state index in [1.165, 1.54) is 22.7 Å². The summed E-state index contributed by atoms with van der Waals surface area (Å²) in [7, 11) is -3.37. The Morgan fingerprint density at radius 1 is 1.12 bits per heavy atom. The van der Waals surface area contributed by atoms with Gasteiger partial charge in [-0.1, -0.05) is 17.7 Å². The lowest BCUT2D eigenvalue weighted by atomic mass is 10.2. The van der Waals surface area contributed by atoms with Crippen molar-refractivity contribution >= 4 is 33.6 Å². The molecule has 2 aromatic heterocycles. The van der Waals surface area contributed by atoms with Crippen LogP contribution in [0.4, 0.5) is 0 Å². The lowest BCUT2D eigenvalue weighted by Crippen LogP contribution is -2.04. The maximum atomic E-state index is 12.6. The lowest BCUT2D eigenvalue weighted by molar-refractivity contribution is 0.595. The molecule has 2 heterocycles. The molecule has 26 heavy (non-hydrogen) atoms. The molecule has 0 radical (unpaired) electrons. The summed E-state index contributed by atoms with van der Waals surface area (Å²) in [5.74, 6) is -0.0623. The van der Waals surface area contributed by atoms with Crippen LogP contribution in [-0.4, -0.2) is 18.0 Å². The molecule has 0 bridgehead atoms. The molecule has 3 aromatic rings. The average Bonchev–Trinajstić information content (AvgIpc) is 3.11. The van der Waals surface area contributed by atoms with Crippen LogP contribution in [0.3, 0.4) is 0 Å². The second-order valence-corrected chi connectivity index (χ2v) is 9.16. The highest BCUT2D eigenvalue weighted by Gasteiger charge is 2.19. The molecule has 0 fully saturated rings. The van der Waals surface area contributed by atoms with Gasteiger partial charge in [-0.3, -0.25) is 0 Å². The Kier molecular flexibility index (Phi) is 6.32. The Bertz CT molecular complexity index is 1000. The summed E-state index contributed by atoms with van der Waals surface area (Å²) in [5, 5.41) is 2.57. The summed E-state index contributed by atoms with van der Waals surface area (Å²) in [4.78, 5) is 4.93. The molecule has 0 aliphatic rings. The SMILES string of the molecule is CCn1c(C)cc(-c2csc(CS(=O)(=O)c3ccc(C)cc3)n2)c1C.Cl. The van der Waals surface area contributed by atoms with Crippen molar-refractivity contribution < 1.29 is 8.42 Å². The Morgan fingerprint density at radius 2 is 1.77 bits per heavy atom. The number of aryl methyl sites for hydroxylation is 2. The van der Waals surface area contributed by atoms with E-state index in [0.717, 1.165) is 23.4 Å². The molecule has 0 N–H and O–H groups in total. The minimum Gasteiger partial charge on any atom is -0.349 e. The van der Waals surface area contributed by atoms with E-state index in [-0.39, 0.29) is 18.2 Å². The van der Waals surface area contributed by atoms with Gasteiger partial charge < -0.3 is 4.57 Å². The predicted octanol–water partition coefficient (Wildman–Crippen LogP) is 4.95. The van der Waals surface area contributed by atoms with Crippen molar-refractivity contribution in [3.63, 3.8) is 0 Å². The highest BCUT2D eigenvalue weighted by molar-refractivity contribution is 7.90. The van der Waals surface area contributed by atoms with E-state index < -0.39 is 9.84 Å². The largest absolute Gasteiger partial charge is 0.349 e. The maximum Gasteiger partial charge on any atom is 0.184 e. The third-order valence-electron chi connectivity index (χ3n) is 4.41. The van der Waals surface area contributed by atoms with Gasteiger partial charge in [-0.2, -0.15) is 0 Å². The highest BCUT2D eigenvalue weighted by Crippen LogP contribution is 2.29. The monoisotopic (exact) mass is 410 g/mol. The van der Waals surface area contributed by atoms with Gasteiger partial charge in [-0.25, -0.2) is 13.4 Å². The maximum absolute atomic E-state index is 12.6. The second kappa shape index (κ2) is 7.94. The number of nitrogens with zero attached hydrogens (tertiary/aromatic N) is 2. The van der Waals surface area contributed by atoms with Gasteiger partial charge >= 0.3 is 0 Å². The Morgan fingerprint density at radius 3 is 2.35 bits per heavy atom. The van der Waals surface area contributed by atoms with E-state index in [2.05, 4.69) is 36.4 Å². The molecule has 3 rings (SSSR count). The topological polar surface area (TPSA) is 52.0 Å². The Balaban J connectivity index is 0.00000243. The molecule has 0 spiro atoms. The van der Waals surface area contributed by atoms with E-state index in [1.54, 1.807) is 12.1 Å². The number of benzene rings is 1. The number of sulfone groups is 1. The molecule has 140 valence electrons. The van der Waals surface area contributed by atoms with Crippen molar-refractivity contribution in [2.45, 2.75) is 44.9 Å². The molecule has 0 unspecified atom stereocenters. The molecule has 0 atom stereocenters. The quantitative estimate of drug-likeness (QED) is 0.597. The summed E-state index contributed by atoms with van der Waals surface area (Å²) in [6.07, 6.45) is 0.